The Bertz CT molecular complexity index is 461. The smallest absolute Gasteiger partial charge is 0.186 e. The summed E-state index contributed by atoms with van der Waals surface area (Å²) in [7, 11) is 0. The molecule has 0 aliphatic rings. The van der Waals surface area contributed by atoms with E-state index in [9.17, 15) is 9.90 Å². The Balaban J connectivity index is 2.73. The minimum atomic E-state index is 0.0552. The molecule has 0 saturated carbocycles. The highest BCUT2D eigenvalue weighted by Crippen LogP contribution is 2.19. The molecule has 1 aromatic rings. The third kappa shape index (κ3) is 3.79. The topological polar surface area (TPSA) is 61.1 Å². The second kappa shape index (κ2) is 5.99. The second-order valence-corrected chi connectivity index (χ2v) is 4.29. The summed E-state index contributed by atoms with van der Waals surface area (Å²) in [5.41, 5.74) is 1.08. The Hall–Kier alpha value is -1.73. The number of benzene rings is 1. The summed E-state index contributed by atoms with van der Waals surface area (Å²) in [6.45, 7) is 1.51. The van der Waals surface area contributed by atoms with Crippen LogP contribution in [0.2, 0.25) is 0 Å². The first-order valence-corrected chi connectivity index (χ1v) is 5.65. The van der Waals surface area contributed by atoms with Gasteiger partial charge in [0.05, 0.1) is 11.6 Å². The van der Waals surface area contributed by atoms with Crippen LogP contribution in [0.3, 0.4) is 0 Å². The van der Waals surface area contributed by atoms with Crippen LogP contribution in [0.4, 0.5) is 0 Å². The van der Waals surface area contributed by atoms with Gasteiger partial charge in [-0.05, 0) is 18.2 Å². The third-order valence-electron chi connectivity index (χ3n) is 1.84. The molecule has 0 fully saturated rings. The Morgan fingerprint density at radius 3 is 3.00 bits per heavy atom. The van der Waals surface area contributed by atoms with Gasteiger partial charge >= 0.3 is 0 Å². The van der Waals surface area contributed by atoms with Crippen LogP contribution in [0.5, 0.6) is 5.75 Å². The van der Waals surface area contributed by atoms with Crippen molar-refractivity contribution in [3.63, 3.8) is 0 Å². The predicted molar refractivity (Wildman–Crippen MR) is 65.0 cm³/mol. The SMILES string of the molecule is CC(=O)SCC=Cc1cc(C#N)ccc1O. The Labute approximate surface area is 98.4 Å². The zero-order valence-corrected chi connectivity index (χ0v) is 9.62. The van der Waals surface area contributed by atoms with E-state index in [4.69, 9.17) is 5.26 Å². The van der Waals surface area contributed by atoms with Crippen LogP contribution < -0.4 is 0 Å². The molecule has 0 saturated heterocycles. The van der Waals surface area contributed by atoms with Crippen LogP contribution in [0.1, 0.15) is 18.1 Å². The molecule has 0 aromatic heterocycles. The largest absolute Gasteiger partial charge is 0.507 e. The Morgan fingerprint density at radius 2 is 2.38 bits per heavy atom. The molecule has 1 aromatic carbocycles. The van der Waals surface area contributed by atoms with E-state index in [0.29, 0.717) is 16.9 Å². The van der Waals surface area contributed by atoms with Crippen molar-refractivity contribution in [3.05, 3.63) is 35.4 Å². The zero-order chi connectivity index (χ0) is 12.0. The normalized spacial score (nSPS) is 10.2. The summed E-state index contributed by atoms with van der Waals surface area (Å²) in [4.78, 5) is 10.7. The molecule has 0 aliphatic heterocycles. The number of carbonyl (C=O) groups excluding carboxylic acids is 1. The van der Waals surface area contributed by atoms with Crippen molar-refractivity contribution in [1.29, 1.82) is 5.26 Å². The fourth-order valence-electron chi connectivity index (χ4n) is 1.10. The molecule has 82 valence electrons. The summed E-state index contributed by atoms with van der Waals surface area (Å²) < 4.78 is 0. The maximum absolute atomic E-state index is 10.7. The van der Waals surface area contributed by atoms with Crippen LogP contribution in [0, 0.1) is 11.3 Å². The molecular formula is C12H11NO2S. The first-order valence-electron chi connectivity index (χ1n) is 4.66. The maximum atomic E-state index is 10.7. The highest BCUT2D eigenvalue weighted by atomic mass is 32.2. The van der Waals surface area contributed by atoms with Crippen LogP contribution in [-0.2, 0) is 4.79 Å². The molecule has 0 unspecified atom stereocenters. The molecule has 0 spiro atoms. The summed E-state index contributed by atoms with van der Waals surface area (Å²) in [6, 6.07) is 6.64. The van der Waals surface area contributed by atoms with E-state index in [1.54, 1.807) is 24.3 Å². The summed E-state index contributed by atoms with van der Waals surface area (Å²) in [5, 5.41) is 18.3. The number of nitriles is 1. The lowest BCUT2D eigenvalue weighted by Crippen LogP contribution is -1.82. The molecule has 4 heteroatoms. The highest BCUT2D eigenvalue weighted by molar-refractivity contribution is 8.13. The van der Waals surface area contributed by atoms with Crippen molar-refractivity contribution >= 4 is 23.0 Å². The number of hydrogen-bond donors (Lipinski definition) is 1. The fourth-order valence-corrected chi connectivity index (χ4v) is 1.53. The van der Waals surface area contributed by atoms with Gasteiger partial charge in [0.15, 0.2) is 5.12 Å². The molecule has 1 N–H and O–H groups in total. The van der Waals surface area contributed by atoms with Gasteiger partial charge in [0.25, 0.3) is 0 Å². The molecule has 0 aliphatic carbocycles. The van der Waals surface area contributed by atoms with Gasteiger partial charge in [-0.1, -0.05) is 23.9 Å². The molecule has 1 rings (SSSR count). The lowest BCUT2D eigenvalue weighted by molar-refractivity contribution is -0.109. The van der Waals surface area contributed by atoms with E-state index in [-0.39, 0.29) is 10.9 Å². The monoisotopic (exact) mass is 233 g/mol. The number of phenols is 1. The highest BCUT2D eigenvalue weighted by Gasteiger charge is 1.98. The van der Waals surface area contributed by atoms with Crippen molar-refractivity contribution in [2.75, 3.05) is 5.75 Å². The molecular weight excluding hydrogens is 222 g/mol. The quantitative estimate of drug-likeness (QED) is 0.871. The van der Waals surface area contributed by atoms with E-state index < -0.39 is 0 Å². The van der Waals surface area contributed by atoms with Crippen LogP contribution in [0.15, 0.2) is 24.3 Å². The van der Waals surface area contributed by atoms with Gasteiger partial charge in [-0.15, -0.1) is 0 Å². The molecule has 0 bridgehead atoms. The number of thioether (sulfide) groups is 1. The third-order valence-corrected chi connectivity index (χ3v) is 2.60. The van der Waals surface area contributed by atoms with Gasteiger partial charge in [-0.3, -0.25) is 4.79 Å². The van der Waals surface area contributed by atoms with Crippen molar-refractivity contribution in [3.8, 4) is 11.8 Å². The van der Waals surface area contributed by atoms with E-state index in [1.807, 2.05) is 6.07 Å². The van der Waals surface area contributed by atoms with E-state index >= 15 is 0 Å². The van der Waals surface area contributed by atoms with Crippen LogP contribution in [0.25, 0.3) is 6.08 Å². The van der Waals surface area contributed by atoms with Gasteiger partial charge in [0.2, 0.25) is 0 Å². The van der Waals surface area contributed by atoms with Crippen LogP contribution >= 0.6 is 11.8 Å². The van der Waals surface area contributed by atoms with Gasteiger partial charge in [-0.2, -0.15) is 5.26 Å². The van der Waals surface area contributed by atoms with E-state index in [1.165, 1.54) is 24.8 Å². The molecule has 0 radical (unpaired) electrons. The fraction of sp³-hybridized carbons (Fsp3) is 0.167. The first kappa shape index (κ1) is 12.3. The predicted octanol–water partition coefficient (Wildman–Crippen LogP) is 2.56. The number of nitrogens with zero attached hydrogens (tertiary/aromatic N) is 1. The van der Waals surface area contributed by atoms with Crippen molar-refractivity contribution in [1.82, 2.24) is 0 Å². The second-order valence-electron chi connectivity index (χ2n) is 3.09. The molecule has 3 nitrogen and oxygen atoms in total. The maximum Gasteiger partial charge on any atom is 0.186 e. The van der Waals surface area contributed by atoms with Gasteiger partial charge in [0.1, 0.15) is 5.75 Å². The van der Waals surface area contributed by atoms with Gasteiger partial charge in [-0.25, -0.2) is 0 Å². The summed E-state index contributed by atoms with van der Waals surface area (Å²) >= 11 is 1.19. The lowest BCUT2D eigenvalue weighted by Gasteiger charge is -1.98. The average Bonchev–Trinajstić information content (AvgIpc) is 2.26. The Kier molecular flexibility index (Phi) is 4.62. The van der Waals surface area contributed by atoms with Gasteiger partial charge in [0, 0.05) is 18.2 Å². The number of aromatic hydroxyl groups is 1. The summed E-state index contributed by atoms with van der Waals surface area (Å²) in [5.74, 6) is 0.689. The van der Waals surface area contributed by atoms with Crippen molar-refractivity contribution in [2.24, 2.45) is 0 Å². The molecule has 0 amide bonds. The lowest BCUT2D eigenvalue weighted by atomic mass is 10.1. The molecule has 16 heavy (non-hydrogen) atoms. The minimum Gasteiger partial charge on any atom is -0.507 e. The zero-order valence-electron chi connectivity index (χ0n) is 8.80. The van der Waals surface area contributed by atoms with Crippen molar-refractivity contribution < 1.29 is 9.90 Å². The molecule has 0 heterocycles. The Morgan fingerprint density at radius 1 is 1.62 bits per heavy atom. The summed E-state index contributed by atoms with van der Waals surface area (Å²) in [6.07, 6.45) is 3.48. The van der Waals surface area contributed by atoms with E-state index in [0.717, 1.165) is 0 Å². The molecule has 0 atom stereocenters. The van der Waals surface area contributed by atoms with Crippen molar-refractivity contribution in [2.45, 2.75) is 6.92 Å². The van der Waals surface area contributed by atoms with E-state index in [2.05, 4.69) is 0 Å². The standard InChI is InChI=1S/C12H11NO2S/c1-9(14)16-6-2-3-11-7-10(8-13)4-5-12(11)15/h2-5,7,15H,6H2,1H3. The first-order chi connectivity index (χ1) is 7.63. The minimum absolute atomic E-state index is 0.0552. The number of carbonyl (C=O) groups is 1. The average molecular weight is 233 g/mol. The van der Waals surface area contributed by atoms with Gasteiger partial charge < -0.3 is 5.11 Å². The number of rotatable bonds is 3. The number of phenolic OH excluding ortho intramolecular Hbond substituents is 1. The van der Waals surface area contributed by atoms with Crippen LogP contribution in [-0.4, -0.2) is 16.0 Å². The number of hydrogen-bond acceptors (Lipinski definition) is 4.